The number of furan rings is 1. The molecule has 0 amide bonds. The Bertz CT molecular complexity index is 2190. The van der Waals surface area contributed by atoms with Crippen LogP contribution in [0.5, 0.6) is 0 Å². The third-order valence-corrected chi connectivity index (χ3v) is 11.7. The molecule has 11 rings (SSSR count). The maximum atomic E-state index is 6.85. The normalized spacial score (nSPS) is 22.5. The predicted octanol–water partition coefficient (Wildman–Crippen LogP) is 12.6. The lowest BCUT2D eigenvalue weighted by Crippen LogP contribution is -2.27. The Morgan fingerprint density at radius 2 is 1.04 bits per heavy atom. The first-order valence-electron chi connectivity index (χ1n) is 17.5. The van der Waals surface area contributed by atoms with Gasteiger partial charge in [-0.05, 0) is 128 Å². The molecule has 1 heterocycles. The highest BCUT2D eigenvalue weighted by Gasteiger charge is 2.58. The second-order valence-electron chi connectivity index (χ2n) is 14.4. The molecule has 1 aromatic heterocycles. The zero-order valence-electron chi connectivity index (χ0n) is 27.0. The molecule has 2 atom stereocenters. The van der Waals surface area contributed by atoms with Crippen LogP contribution in [0.3, 0.4) is 0 Å². The van der Waals surface area contributed by atoms with Gasteiger partial charge in [0.25, 0.3) is 0 Å². The summed E-state index contributed by atoms with van der Waals surface area (Å²) in [5, 5.41) is 2.23. The fourth-order valence-electron chi connectivity index (χ4n) is 9.90. The largest absolute Gasteiger partial charge is 0.454 e. The summed E-state index contributed by atoms with van der Waals surface area (Å²) in [7, 11) is 0. The van der Waals surface area contributed by atoms with E-state index in [2.05, 4.69) is 161 Å². The Labute approximate surface area is 282 Å². The van der Waals surface area contributed by atoms with E-state index in [0.29, 0.717) is 5.41 Å². The standard InChI is InChI=1S/C45H38N2O/c1-4-11-35(12-5-1)46(38-21-19-33(20-22-38)45-29-31-25-32(30-45)27-34(45)26-31)39-23-24-40-41-17-10-18-42(44(41)48-43(40)28-39)47(36-13-6-2-7-14-36)37-15-8-3-9-16-37/h1-24,28,31-32,34H,25-27,29-30H2. The molecule has 3 heteroatoms. The number of anilines is 6. The van der Waals surface area contributed by atoms with Crippen molar-refractivity contribution in [1.29, 1.82) is 0 Å². The van der Waals surface area contributed by atoms with Crippen LogP contribution >= 0.6 is 0 Å². The van der Waals surface area contributed by atoms with Crippen molar-refractivity contribution in [2.24, 2.45) is 17.8 Å². The average molecular weight is 623 g/mol. The van der Waals surface area contributed by atoms with Gasteiger partial charge in [-0.25, -0.2) is 0 Å². The van der Waals surface area contributed by atoms with Crippen molar-refractivity contribution in [1.82, 2.24) is 0 Å². The second-order valence-corrected chi connectivity index (χ2v) is 14.4. The highest BCUT2D eigenvalue weighted by molar-refractivity contribution is 6.11. The molecular formula is C45H38N2O. The van der Waals surface area contributed by atoms with Crippen LogP contribution in [-0.4, -0.2) is 0 Å². The van der Waals surface area contributed by atoms with Gasteiger partial charge in [0, 0.05) is 45.3 Å². The van der Waals surface area contributed by atoms with Gasteiger partial charge in [-0.3, -0.25) is 0 Å². The average Bonchev–Trinajstić information content (AvgIpc) is 3.73. The summed E-state index contributed by atoms with van der Waals surface area (Å²) >= 11 is 0. The monoisotopic (exact) mass is 622 g/mol. The van der Waals surface area contributed by atoms with Crippen molar-refractivity contribution in [2.45, 2.75) is 37.5 Å². The minimum Gasteiger partial charge on any atom is -0.454 e. The molecule has 4 fully saturated rings. The highest BCUT2D eigenvalue weighted by Crippen LogP contribution is 2.66. The summed E-state index contributed by atoms with van der Waals surface area (Å²) < 4.78 is 6.85. The molecule has 48 heavy (non-hydrogen) atoms. The van der Waals surface area contributed by atoms with Crippen molar-refractivity contribution in [2.75, 3.05) is 9.80 Å². The molecule has 4 saturated carbocycles. The summed E-state index contributed by atoms with van der Waals surface area (Å²) in [5.74, 6) is 2.79. The molecule has 0 radical (unpaired) electrons. The topological polar surface area (TPSA) is 19.6 Å². The van der Waals surface area contributed by atoms with E-state index in [-0.39, 0.29) is 0 Å². The number of fused-ring (bicyclic) bond motifs is 3. The van der Waals surface area contributed by atoms with Gasteiger partial charge in [-0.15, -0.1) is 0 Å². The van der Waals surface area contributed by atoms with E-state index in [1.807, 2.05) is 0 Å². The molecule has 4 aliphatic carbocycles. The van der Waals surface area contributed by atoms with Crippen LogP contribution in [-0.2, 0) is 5.41 Å². The van der Waals surface area contributed by atoms with E-state index in [9.17, 15) is 0 Å². The van der Waals surface area contributed by atoms with Crippen molar-refractivity contribution in [3.63, 3.8) is 0 Å². The van der Waals surface area contributed by atoms with Gasteiger partial charge < -0.3 is 14.2 Å². The Morgan fingerprint density at radius 3 is 1.67 bits per heavy atom. The number of nitrogens with zero attached hydrogens (tertiary/aromatic N) is 2. The van der Waals surface area contributed by atoms with E-state index in [4.69, 9.17) is 4.42 Å². The minimum atomic E-state index is 0.419. The SMILES string of the molecule is c1ccc(N(c2ccc(C34CC5CC(CC3C5)C4)cc2)c2ccc3c(c2)oc2c(N(c4ccccc4)c4ccccc4)cccc23)cc1. The van der Waals surface area contributed by atoms with Crippen molar-refractivity contribution >= 4 is 56.1 Å². The van der Waals surface area contributed by atoms with Crippen LogP contribution < -0.4 is 9.80 Å². The molecule has 4 bridgehead atoms. The lowest BCUT2D eigenvalue weighted by atomic mass is 9.71. The van der Waals surface area contributed by atoms with E-state index in [1.54, 1.807) is 5.56 Å². The first-order chi connectivity index (χ1) is 23.7. The fourth-order valence-corrected chi connectivity index (χ4v) is 9.90. The van der Waals surface area contributed by atoms with Gasteiger partial charge in [0.1, 0.15) is 5.58 Å². The molecule has 6 aromatic carbocycles. The summed E-state index contributed by atoms with van der Waals surface area (Å²) in [4.78, 5) is 4.65. The van der Waals surface area contributed by atoms with Crippen molar-refractivity contribution < 1.29 is 4.42 Å². The van der Waals surface area contributed by atoms with Gasteiger partial charge in [-0.2, -0.15) is 0 Å². The Kier molecular flexibility index (Phi) is 6.30. The molecule has 234 valence electrons. The predicted molar refractivity (Wildman–Crippen MR) is 198 cm³/mol. The van der Waals surface area contributed by atoms with Gasteiger partial charge in [0.05, 0.1) is 5.69 Å². The zero-order valence-corrected chi connectivity index (χ0v) is 27.0. The van der Waals surface area contributed by atoms with Gasteiger partial charge in [-0.1, -0.05) is 78.9 Å². The molecule has 7 aromatic rings. The number of hydrogen-bond donors (Lipinski definition) is 0. The van der Waals surface area contributed by atoms with Crippen LogP contribution in [0, 0.1) is 17.8 Å². The molecule has 2 unspecified atom stereocenters. The molecule has 3 nitrogen and oxygen atoms in total. The maximum Gasteiger partial charge on any atom is 0.159 e. The Balaban J connectivity index is 1.08. The second kappa shape index (κ2) is 10.9. The molecule has 0 aliphatic heterocycles. The van der Waals surface area contributed by atoms with Crippen LogP contribution in [0.2, 0.25) is 0 Å². The molecule has 0 spiro atoms. The van der Waals surface area contributed by atoms with E-state index < -0.39 is 0 Å². The Hall–Kier alpha value is -5.28. The van der Waals surface area contributed by atoms with E-state index >= 15 is 0 Å². The highest BCUT2D eigenvalue weighted by atomic mass is 16.3. The van der Waals surface area contributed by atoms with Gasteiger partial charge in [0.15, 0.2) is 5.58 Å². The first kappa shape index (κ1) is 27.8. The van der Waals surface area contributed by atoms with Crippen LogP contribution in [0.15, 0.2) is 156 Å². The Morgan fingerprint density at radius 1 is 0.479 bits per heavy atom. The lowest BCUT2D eigenvalue weighted by molar-refractivity contribution is 0.266. The van der Waals surface area contributed by atoms with E-state index in [1.165, 1.54) is 37.8 Å². The zero-order chi connectivity index (χ0) is 31.7. The van der Waals surface area contributed by atoms with Crippen LogP contribution in [0.4, 0.5) is 34.1 Å². The number of hydrogen-bond acceptors (Lipinski definition) is 3. The minimum absolute atomic E-state index is 0.419. The molecule has 0 saturated heterocycles. The van der Waals surface area contributed by atoms with Crippen molar-refractivity contribution in [3.8, 4) is 0 Å². The molecule has 4 aliphatic rings. The fraction of sp³-hybridized carbons (Fsp3) is 0.200. The number of rotatable bonds is 7. The molecular weight excluding hydrogens is 585 g/mol. The summed E-state index contributed by atoms with van der Waals surface area (Å²) in [6.45, 7) is 0. The van der Waals surface area contributed by atoms with Crippen molar-refractivity contribution in [3.05, 3.63) is 157 Å². The summed E-state index contributed by atoms with van der Waals surface area (Å²) in [5.41, 5.74) is 10.4. The first-order valence-corrected chi connectivity index (χ1v) is 17.5. The van der Waals surface area contributed by atoms with Crippen LogP contribution in [0.25, 0.3) is 21.9 Å². The summed E-state index contributed by atoms with van der Waals surface area (Å²) in [6, 6.07) is 54.6. The number of benzene rings is 6. The number of para-hydroxylation sites is 4. The smallest absolute Gasteiger partial charge is 0.159 e. The van der Waals surface area contributed by atoms with E-state index in [0.717, 1.165) is 68.1 Å². The van der Waals surface area contributed by atoms with Gasteiger partial charge >= 0.3 is 0 Å². The quantitative estimate of drug-likeness (QED) is 0.176. The van der Waals surface area contributed by atoms with Crippen LogP contribution in [0.1, 0.15) is 37.7 Å². The maximum absolute atomic E-state index is 6.85. The molecule has 0 N–H and O–H groups in total. The summed E-state index contributed by atoms with van der Waals surface area (Å²) in [6.07, 6.45) is 7.16. The third-order valence-electron chi connectivity index (χ3n) is 11.7. The van der Waals surface area contributed by atoms with Gasteiger partial charge in [0.2, 0.25) is 0 Å². The lowest BCUT2D eigenvalue weighted by Gasteiger charge is -2.34. The third kappa shape index (κ3) is 4.34.